The lowest BCUT2D eigenvalue weighted by Crippen LogP contribution is -2.44. The van der Waals surface area contributed by atoms with E-state index in [2.05, 4.69) is 15.5 Å². The number of hydrogen-bond acceptors (Lipinski definition) is 6. The van der Waals surface area contributed by atoms with Crippen LogP contribution in [0.25, 0.3) is 0 Å². The second-order valence-electron chi connectivity index (χ2n) is 5.92. The van der Waals surface area contributed by atoms with Crippen molar-refractivity contribution in [3.05, 3.63) is 36.0 Å². The summed E-state index contributed by atoms with van der Waals surface area (Å²) in [5.41, 5.74) is 0.462. The molecule has 1 saturated heterocycles. The van der Waals surface area contributed by atoms with Crippen molar-refractivity contribution in [1.82, 2.24) is 15.0 Å². The van der Waals surface area contributed by atoms with Crippen molar-refractivity contribution >= 4 is 17.5 Å². The molecular formula is C17H20N4O4. The quantitative estimate of drug-likeness (QED) is 0.852. The van der Waals surface area contributed by atoms with Crippen molar-refractivity contribution in [2.75, 3.05) is 25.5 Å². The highest BCUT2D eigenvalue weighted by Gasteiger charge is 2.31. The van der Waals surface area contributed by atoms with Crippen LogP contribution in [0, 0.1) is 6.92 Å². The van der Waals surface area contributed by atoms with Gasteiger partial charge in [-0.1, -0.05) is 17.3 Å². The molecular weight excluding hydrogens is 324 g/mol. The molecule has 132 valence electrons. The van der Waals surface area contributed by atoms with Crippen LogP contribution in [0.3, 0.4) is 0 Å². The number of rotatable bonds is 3. The average Bonchev–Trinajstić information content (AvgIpc) is 3.08. The average molecular weight is 344 g/mol. The number of carbonyl (C=O) groups is 2. The summed E-state index contributed by atoms with van der Waals surface area (Å²) in [5.74, 6) is 0.269. The summed E-state index contributed by atoms with van der Waals surface area (Å²) in [7, 11) is 1.51. The zero-order valence-corrected chi connectivity index (χ0v) is 14.2. The Morgan fingerprint density at radius 3 is 2.88 bits per heavy atom. The Balaban J connectivity index is 1.66. The second-order valence-corrected chi connectivity index (χ2v) is 5.92. The number of benzene rings is 1. The maximum absolute atomic E-state index is 12.5. The van der Waals surface area contributed by atoms with Crippen LogP contribution in [-0.4, -0.2) is 47.1 Å². The minimum atomic E-state index is -0.688. The topological polar surface area (TPSA) is 97.6 Å². The van der Waals surface area contributed by atoms with Crippen molar-refractivity contribution < 1.29 is 18.8 Å². The Kier molecular flexibility index (Phi) is 4.97. The maximum atomic E-state index is 12.5. The van der Waals surface area contributed by atoms with Gasteiger partial charge in [-0.05, 0) is 31.9 Å². The van der Waals surface area contributed by atoms with Gasteiger partial charge in [0.05, 0.1) is 18.7 Å². The van der Waals surface area contributed by atoms with Crippen LogP contribution in [-0.2, 0) is 9.59 Å². The van der Waals surface area contributed by atoms with Crippen molar-refractivity contribution in [2.24, 2.45) is 0 Å². The normalized spacial score (nSPS) is 17.2. The lowest BCUT2D eigenvalue weighted by molar-refractivity contribution is -0.144. The number of para-hydroxylation sites is 2. The van der Waals surface area contributed by atoms with Gasteiger partial charge in [0, 0.05) is 13.1 Å². The third kappa shape index (κ3) is 3.78. The van der Waals surface area contributed by atoms with E-state index in [9.17, 15) is 9.59 Å². The lowest BCUT2D eigenvalue weighted by atomic mass is 9.98. The number of likely N-dealkylation sites (tertiary alicyclic amines) is 1. The fourth-order valence-corrected chi connectivity index (χ4v) is 2.91. The van der Waals surface area contributed by atoms with Crippen LogP contribution in [0.2, 0.25) is 0 Å². The van der Waals surface area contributed by atoms with Crippen molar-refractivity contribution in [3.63, 3.8) is 0 Å². The Hall–Kier alpha value is -2.90. The zero-order valence-electron chi connectivity index (χ0n) is 14.2. The van der Waals surface area contributed by atoms with Gasteiger partial charge < -0.3 is 19.5 Å². The molecule has 0 aliphatic carbocycles. The van der Waals surface area contributed by atoms with Crippen LogP contribution >= 0.6 is 0 Å². The molecule has 25 heavy (non-hydrogen) atoms. The third-order valence-electron chi connectivity index (χ3n) is 4.15. The molecule has 1 aromatic heterocycles. The van der Waals surface area contributed by atoms with E-state index in [1.54, 1.807) is 31.2 Å². The number of aryl methyl sites for hydroxylation is 1. The maximum Gasteiger partial charge on any atom is 0.314 e. The molecule has 2 amide bonds. The molecule has 1 aliphatic heterocycles. The van der Waals surface area contributed by atoms with Gasteiger partial charge in [0.25, 0.3) is 0 Å². The number of carbonyl (C=O) groups excluding carboxylic acids is 2. The molecule has 8 heteroatoms. The van der Waals surface area contributed by atoms with E-state index >= 15 is 0 Å². The highest BCUT2D eigenvalue weighted by atomic mass is 16.5. The summed E-state index contributed by atoms with van der Waals surface area (Å²) in [4.78, 5) is 30.6. The predicted octanol–water partition coefficient (Wildman–Crippen LogP) is 1.73. The number of amides is 2. The minimum absolute atomic E-state index is 0.0436. The number of ether oxygens (including phenoxy) is 1. The summed E-state index contributed by atoms with van der Waals surface area (Å²) in [5, 5.41) is 6.40. The number of methoxy groups -OCH3 is 1. The van der Waals surface area contributed by atoms with E-state index in [1.165, 1.54) is 12.0 Å². The molecule has 3 rings (SSSR count). The van der Waals surface area contributed by atoms with E-state index in [1.807, 2.05) is 0 Å². The van der Waals surface area contributed by atoms with Gasteiger partial charge in [-0.2, -0.15) is 4.98 Å². The monoisotopic (exact) mass is 344 g/mol. The summed E-state index contributed by atoms with van der Waals surface area (Å²) in [6.07, 6.45) is 1.62. The largest absolute Gasteiger partial charge is 0.495 e. The Morgan fingerprint density at radius 2 is 2.16 bits per heavy atom. The molecule has 0 spiro atoms. The highest BCUT2D eigenvalue weighted by Crippen LogP contribution is 2.26. The predicted molar refractivity (Wildman–Crippen MR) is 89.2 cm³/mol. The fourth-order valence-electron chi connectivity index (χ4n) is 2.91. The van der Waals surface area contributed by atoms with Crippen molar-refractivity contribution in [1.29, 1.82) is 0 Å². The number of hydrogen-bond donors (Lipinski definition) is 1. The summed E-state index contributed by atoms with van der Waals surface area (Å²) < 4.78 is 10.4. The van der Waals surface area contributed by atoms with E-state index in [4.69, 9.17) is 9.26 Å². The van der Waals surface area contributed by atoms with Gasteiger partial charge in [0.2, 0.25) is 5.89 Å². The minimum Gasteiger partial charge on any atom is -0.495 e. The van der Waals surface area contributed by atoms with Crippen LogP contribution < -0.4 is 10.1 Å². The van der Waals surface area contributed by atoms with Crippen LogP contribution in [0.15, 0.2) is 28.8 Å². The summed E-state index contributed by atoms with van der Waals surface area (Å²) in [6, 6.07) is 6.95. The van der Waals surface area contributed by atoms with E-state index in [0.29, 0.717) is 36.2 Å². The van der Waals surface area contributed by atoms with E-state index in [-0.39, 0.29) is 5.92 Å². The molecule has 0 radical (unpaired) electrons. The fraction of sp³-hybridized carbons (Fsp3) is 0.412. The van der Waals surface area contributed by atoms with Gasteiger partial charge in [0.15, 0.2) is 5.82 Å². The molecule has 1 atom stereocenters. The van der Waals surface area contributed by atoms with Crippen LogP contribution in [0.5, 0.6) is 5.75 Å². The zero-order chi connectivity index (χ0) is 17.8. The van der Waals surface area contributed by atoms with Crippen LogP contribution in [0.4, 0.5) is 5.69 Å². The molecule has 0 unspecified atom stereocenters. The summed E-state index contributed by atoms with van der Waals surface area (Å²) in [6.45, 7) is 2.67. The molecule has 1 N–H and O–H groups in total. The van der Waals surface area contributed by atoms with Crippen LogP contribution in [0.1, 0.15) is 30.5 Å². The number of nitrogens with zero attached hydrogens (tertiary/aromatic N) is 3. The highest BCUT2D eigenvalue weighted by molar-refractivity contribution is 6.39. The number of nitrogens with one attached hydrogen (secondary N) is 1. The van der Waals surface area contributed by atoms with Gasteiger partial charge in [-0.3, -0.25) is 9.59 Å². The summed E-state index contributed by atoms with van der Waals surface area (Å²) >= 11 is 0. The van der Waals surface area contributed by atoms with Gasteiger partial charge in [-0.15, -0.1) is 0 Å². The first kappa shape index (κ1) is 16.9. The Bertz CT molecular complexity index is 774. The lowest BCUT2D eigenvalue weighted by Gasteiger charge is -2.30. The van der Waals surface area contributed by atoms with Crippen molar-refractivity contribution in [3.8, 4) is 5.75 Å². The number of piperidine rings is 1. The van der Waals surface area contributed by atoms with Gasteiger partial charge in [0.1, 0.15) is 5.75 Å². The smallest absolute Gasteiger partial charge is 0.314 e. The SMILES string of the molecule is COc1ccccc1NC(=O)C(=O)N1CCC[C@@H](c2nc(C)no2)C1. The molecule has 2 heterocycles. The molecule has 1 aromatic carbocycles. The number of aromatic nitrogens is 2. The molecule has 0 bridgehead atoms. The first-order valence-corrected chi connectivity index (χ1v) is 8.12. The van der Waals surface area contributed by atoms with Crippen molar-refractivity contribution in [2.45, 2.75) is 25.7 Å². The molecule has 2 aromatic rings. The Labute approximate surface area is 145 Å². The van der Waals surface area contributed by atoms with Gasteiger partial charge in [-0.25, -0.2) is 0 Å². The molecule has 0 saturated carbocycles. The first-order chi connectivity index (χ1) is 12.1. The molecule has 1 fully saturated rings. The number of anilines is 1. The van der Waals surface area contributed by atoms with E-state index < -0.39 is 11.8 Å². The Morgan fingerprint density at radius 1 is 1.36 bits per heavy atom. The van der Waals surface area contributed by atoms with E-state index in [0.717, 1.165) is 12.8 Å². The standard InChI is InChI=1S/C17H20N4O4/c1-11-18-16(25-20-11)12-6-5-9-21(10-12)17(23)15(22)19-13-7-3-4-8-14(13)24-2/h3-4,7-8,12H,5-6,9-10H2,1-2H3,(H,19,22)/t12-/m1/s1. The second kappa shape index (κ2) is 7.33. The molecule has 8 nitrogen and oxygen atoms in total. The first-order valence-electron chi connectivity index (χ1n) is 8.12. The van der Waals surface area contributed by atoms with Gasteiger partial charge >= 0.3 is 11.8 Å². The third-order valence-corrected chi connectivity index (χ3v) is 4.15. The molecule has 1 aliphatic rings.